The molecule has 0 saturated carbocycles. The number of carbonyl (C=O) groups is 1. The number of benzene rings is 2. The highest BCUT2D eigenvalue weighted by atomic mass is 35.5. The average molecular weight is 416 g/mol. The number of anilines is 1. The molecule has 1 saturated heterocycles. The van der Waals surface area contributed by atoms with E-state index in [9.17, 15) is 4.79 Å². The van der Waals surface area contributed by atoms with Crippen LogP contribution in [0.2, 0.25) is 5.02 Å². The van der Waals surface area contributed by atoms with Crippen LogP contribution in [0.15, 0.2) is 48.5 Å². The van der Waals surface area contributed by atoms with Crippen molar-refractivity contribution in [1.82, 2.24) is 10.2 Å². The van der Waals surface area contributed by atoms with Crippen molar-refractivity contribution in [1.29, 1.82) is 0 Å². The number of hydrogen-bond donors (Lipinski definition) is 2. The SMILES string of the molecule is COc1cccc(NC(=O)NCCCN2CCC(c3ccc(Cl)cc3)CC2C)c1. The van der Waals surface area contributed by atoms with Crippen molar-refractivity contribution in [3.05, 3.63) is 59.1 Å². The van der Waals surface area contributed by atoms with E-state index in [1.54, 1.807) is 13.2 Å². The summed E-state index contributed by atoms with van der Waals surface area (Å²) >= 11 is 6.01. The molecular formula is C23H30ClN3O2. The van der Waals surface area contributed by atoms with E-state index in [4.69, 9.17) is 16.3 Å². The van der Waals surface area contributed by atoms with Gasteiger partial charge in [0.1, 0.15) is 5.75 Å². The van der Waals surface area contributed by atoms with Gasteiger partial charge < -0.3 is 20.3 Å². The maximum Gasteiger partial charge on any atom is 0.319 e. The largest absolute Gasteiger partial charge is 0.497 e. The molecule has 0 aliphatic carbocycles. The quantitative estimate of drug-likeness (QED) is 0.616. The molecule has 0 radical (unpaired) electrons. The summed E-state index contributed by atoms with van der Waals surface area (Å²) in [7, 11) is 1.61. The summed E-state index contributed by atoms with van der Waals surface area (Å²) in [5, 5.41) is 6.57. The molecule has 2 atom stereocenters. The maximum absolute atomic E-state index is 12.1. The number of methoxy groups -OCH3 is 1. The second-order valence-corrected chi connectivity index (χ2v) is 8.06. The van der Waals surface area contributed by atoms with Crippen LogP contribution < -0.4 is 15.4 Å². The molecule has 1 aliphatic heterocycles. The third-order valence-electron chi connectivity index (χ3n) is 5.59. The number of rotatable bonds is 7. The van der Waals surface area contributed by atoms with Gasteiger partial charge in [0.25, 0.3) is 0 Å². The van der Waals surface area contributed by atoms with Crippen LogP contribution in [0.5, 0.6) is 5.75 Å². The number of halogens is 1. The topological polar surface area (TPSA) is 53.6 Å². The molecule has 2 aromatic rings. The number of hydrogen-bond acceptors (Lipinski definition) is 3. The molecule has 2 amide bonds. The maximum atomic E-state index is 12.1. The first-order valence-corrected chi connectivity index (χ1v) is 10.6. The molecule has 0 spiro atoms. The summed E-state index contributed by atoms with van der Waals surface area (Å²) in [6, 6.07) is 16.0. The van der Waals surface area contributed by atoms with Crippen LogP contribution >= 0.6 is 11.6 Å². The number of carbonyl (C=O) groups excluding carboxylic acids is 1. The fourth-order valence-electron chi connectivity index (χ4n) is 3.95. The summed E-state index contributed by atoms with van der Waals surface area (Å²) in [5.41, 5.74) is 2.11. The van der Waals surface area contributed by atoms with Gasteiger partial charge in [0, 0.05) is 35.9 Å². The van der Waals surface area contributed by atoms with Crippen LogP contribution in [-0.2, 0) is 0 Å². The van der Waals surface area contributed by atoms with Crippen LogP contribution in [-0.4, -0.2) is 43.7 Å². The van der Waals surface area contributed by atoms with Crippen LogP contribution in [0.25, 0.3) is 0 Å². The molecule has 0 aromatic heterocycles. The summed E-state index contributed by atoms with van der Waals surface area (Å²) in [6.07, 6.45) is 3.25. The Morgan fingerprint density at radius 3 is 2.76 bits per heavy atom. The van der Waals surface area contributed by atoms with Crippen molar-refractivity contribution in [3.8, 4) is 5.75 Å². The Bertz CT molecular complexity index is 797. The van der Waals surface area contributed by atoms with E-state index in [0.29, 0.717) is 18.5 Å². The van der Waals surface area contributed by atoms with Crippen molar-refractivity contribution < 1.29 is 9.53 Å². The Labute approximate surface area is 178 Å². The van der Waals surface area contributed by atoms with Gasteiger partial charge in [-0.2, -0.15) is 0 Å². The first-order chi connectivity index (χ1) is 14.0. The van der Waals surface area contributed by atoms with Crippen molar-refractivity contribution in [2.24, 2.45) is 0 Å². The second kappa shape index (κ2) is 10.5. The predicted octanol–water partition coefficient (Wildman–Crippen LogP) is 5.13. The number of nitrogens with zero attached hydrogens (tertiary/aromatic N) is 1. The van der Waals surface area contributed by atoms with E-state index >= 15 is 0 Å². The highest BCUT2D eigenvalue weighted by molar-refractivity contribution is 6.30. The minimum absolute atomic E-state index is 0.187. The molecule has 0 bridgehead atoms. The zero-order chi connectivity index (χ0) is 20.6. The lowest BCUT2D eigenvalue weighted by atomic mass is 9.86. The molecule has 156 valence electrons. The normalized spacial score (nSPS) is 19.6. The van der Waals surface area contributed by atoms with Crippen molar-refractivity contribution in [3.63, 3.8) is 0 Å². The van der Waals surface area contributed by atoms with Gasteiger partial charge in [-0.3, -0.25) is 0 Å². The van der Waals surface area contributed by atoms with Gasteiger partial charge in [0.15, 0.2) is 0 Å². The fourth-order valence-corrected chi connectivity index (χ4v) is 4.08. The van der Waals surface area contributed by atoms with Crippen molar-refractivity contribution >= 4 is 23.3 Å². The summed E-state index contributed by atoms with van der Waals surface area (Å²) in [6.45, 7) is 5.03. The Balaban J connectivity index is 1.36. The van der Waals surface area contributed by atoms with Gasteiger partial charge >= 0.3 is 6.03 Å². The number of likely N-dealkylation sites (tertiary alicyclic amines) is 1. The standard InChI is InChI=1S/C23H30ClN3O2/c1-17-15-19(18-7-9-20(24)10-8-18)11-14-27(17)13-4-12-25-23(28)26-21-5-3-6-22(16-21)29-2/h3,5-10,16-17,19H,4,11-15H2,1-2H3,(H2,25,26,28). The molecule has 3 rings (SSSR count). The predicted molar refractivity (Wildman–Crippen MR) is 119 cm³/mol. The zero-order valence-corrected chi connectivity index (χ0v) is 17.9. The van der Waals surface area contributed by atoms with Crippen molar-refractivity contribution in [2.75, 3.05) is 32.1 Å². The molecular weight excluding hydrogens is 386 g/mol. The first kappa shape index (κ1) is 21.5. The third-order valence-corrected chi connectivity index (χ3v) is 5.84. The molecule has 2 N–H and O–H groups in total. The highest BCUT2D eigenvalue weighted by Gasteiger charge is 2.25. The van der Waals surface area contributed by atoms with Gasteiger partial charge in [-0.15, -0.1) is 0 Å². The molecule has 1 aliphatic rings. The summed E-state index contributed by atoms with van der Waals surface area (Å²) in [5.74, 6) is 1.32. The number of nitrogens with one attached hydrogen (secondary N) is 2. The molecule has 29 heavy (non-hydrogen) atoms. The van der Waals surface area contributed by atoms with E-state index < -0.39 is 0 Å². The van der Waals surface area contributed by atoms with Gasteiger partial charge in [-0.25, -0.2) is 4.79 Å². The Morgan fingerprint density at radius 2 is 2.03 bits per heavy atom. The lowest BCUT2D eigenvalue weighted by Gasteiger charge is -2.38. The lowest BCUT2D eigenvalue weighted by molar-refractivity contribution is 0.145. The number of piperidine rings is 1. The van der Waals surface area contributed by atoms with E-state index in [2.05, 4.69) is 34.6 Å². The smallest absolute Gasteiger partial charge is 0.319 e. The number of urea groups is 1. The molecule has 6 heteroatoms. The van der Waals surface area contributed by atoms with E-state index in [-0.39, 0.29) is 6.03 Å². The van der Waals surface area contributed by atoms with Gasteiger partial charge in [-0.1, -0.05) is 29.8 Å². The third kappa shape index (κ3) is 6.38. The Hall–Kier alpha value is -2.24. The molecule has 2 aromatic carbocycles. The molecule has 2 unspecified atom stereocenters. The van der Waals surface area contributed by atoms with E-state index in [1.807, 2.05) is 30.3 Å². The zero-order valence-electron chi connectivity index (χ0n) is 17.2. The minimum atomic E-state index is -0.187. The first-order valence-electron chi connectivity index (χ1n) is 10.2. The van der Waals surface area contributed by atoms with Crippen LogP contribution in [0, 0.1) is 0 Å². The summed E-state index contributed by atoms with van der Waals surface area (Å²) in [4.78, 5) is 14.6. The molecule has 5 nitrogen and oxygen atoms in total. The Morgan fingerprint density at radius 1 is 1.24 bits per heavy atom. The molecule has 1 heterocycles. The number of amides is 2. The fraction of sp³-hybridized carbons (Fsp3) is 0.435. The molecule has 1 fully saturated rings. The van der Waals surface area contributed by atoms with Gasteiger partial charge in [-0.05, 0) is 68.5 Å². The highest BCUT2D eigenvalue weighted by Crippen LogP contribution is 2.32. The lowest BCUT2D eigenvalue weighted by Crippen LogP contribution is -2.41. The van der Waals surface area contributed by atoms with E-state index in [1.165, 1.54) is 5.56 Å². The van der Waals surface area contributed by atoms with Crippen LogP contribution in [0.3, 0.4) is 0 Å². The van der Waals surface area contributed by atoms with Gasteiger partial charge in [0.05, 0.1) is 7.11 Å². The minimum Gasteiger partial charge on any atom is -0.497 e. The average Bonchev–Trinajstić information content (AvgIpc) is 2.73. The van der Waals surface area contributed by atoms with Gasteiger partial charge in [0.2, 0.25) is 0 Å². The Kier molecular flexibility index (Phi) is 7.78. The van der Waals surface area contributed by atoms with Crippen LogP contribution in [0.1, 0.15) is 37.7 Å². The van der Waals surface area contributed by atoms with Crippen molar-refractivity contribution in [2.45, 2.75) is 38.1 Å². The monoisotopic (exact) mass is 415 g/mol. The van der Waals surface area contributed by atoms with E-state index in [0.717, 1.165) is 48.8 Å². The van der Waals surface area contributed by atoms with Crippen LogP contribution in [0.4, 0.5) is 10.5 Å². The second-order valence-electron chi connectivity index (χ2n) is 7.62. The summed E-state index contributed by atoms with van der Waals surface area (Å²) < 4.78 is 5.17. The number of ether oxygens (including phenoxy) is 1.